The van der Waals surface area contributed by atoms with Crippen LogP contribution < -0.4 is 10.1 Å². The quantitative estimate of drug-likeness (QED) is 0.462. The van der Waals surface area contributed by atoms with Gasteiger partial charge in [0.1, 0.15) is 5.75 Å². The number of nitro benzene ring substituents is 1. The van der Waals surface area contributed by atoms with E-state index in [0.717, 1.165) is 10.4 Å². The van der Waals surface area contributed by atoms with Crippen molar-refractivity contribution in [3.05, 3.63) is 91.6 Å². The van der Waals surface area contributed by atoms with E-state index in [-0.39, 0.29) is 35.0 Å². The highest BCUT2D eigenvalue weighted by molar-refractivity contribution is 7.10. The lowest BCUT2D eigenvalue weighted by atomic mass is 10.1. The number of benzene rings is 2. The third-order valence-electron chi connectivity index (χ3n) is 3.75. The van der Waals surface area contributed by atoms with E-state index in [1.54, 1.807) is 11.3 Å². The molecule has 27 heavy (non-hydrogen) atoms. The van der Waals surface area contributed by atoms with Crippen LogP contribution >= 0.6 is 22.9 Å². The van der Waals surface area contributed by atoms with Gasteiger partial charge < -0.3 is 10.1 Å². The second kappa shape index (κ2) is 8.66. The SMILES string of the molecule is O=C(COc1ccc([N+](=O)[O-])cc1Cl)N[C@H](c1ccccc1)c1cccs1. The number of hydrogen-bond acceptors (Lipinski definition) is 5. The zero-order valence-corrected chi connectivity index (χ0v) is 15.6. The molecule has 0 spiro atoms. The molecule has 1 amide bonds. The molecule has 138 valence electrons. The van der Waals surface area contributed by atoms with Crippen molar-refractivity contribution in [1.29, 1.82) is 0 Å². The molecular weight excluding hydrogens is 388 g/mol. The van der Waals surface area contributed by atoms with E-state index in [2.05, 4.69) is 5.32 Å². The number of halogens is 1. The second-order valence-corrected chi connectivity index (χ2v) is 6.97. The van der Waals surface area contributed by atoms with Crippen molar-refractivity contribution in [3.8, 4) is 5.75 Å². The average Bonchev–Trinajstić information content (AvgIpc) is 3.20. The Hall–Kier alpha value is -2.90. The van der Waals surface area contributed by atoms with Gasteiger partial charge in [0, 0.05) is 17.0 Å². The number of nitrogens with one attached hydrogen (secondary N) is 1. The molecule has 6 nitrogen and oxygen atoms in total. The van der Waals surface area contributed by atoms with Crippen LogP contribution in [-0.2, 0) is 4.79 Å². The van der Waals surface area contributed by atoms with Crippen LogP contribution in [-0.4, -0.2) is 17.4 Å². The third kappa shape index (κ3) is 4.84. The van der Waals surface area contributed by atoms with Crippen LogP contribution in [0, 0.1) is 10.1 Å². The Balaban J connectivity index is 1.68. The lowest BCUT2D eigenvalue weighted by Crippen LogP contribution is -2.32. The highest BCUT2D eigenvalue weighted by Crippen LogP contribution is 2.29. The molecule has 0 saturated heterocycles. The van der Waals surface area contributed by atoms with Crippen molar-refractivity contribution in [2.24, 2.45) is 0 Å². The fraction of sp³-hybridized carbons (Fsp3) is 0.105. The van der Waals surface area contributed by atoms with E-state index in [0.29, 0.717) is 0 Å². The lowest BCUT2D eigenvalue weighted by molar-refractivity contribution is -0.384. The summed E-state index contributed by atoms with van der Waals surface area (Å²) >= 11 is 7.53. The molecule has 0 aliphatic heterocycles. The molecule has 3 aromatic rings. The largest absolute Gasteiger partial charge is 0.482 e. The molecule has 2 aromatic carbocycles. The molecule has 8 heteroatoms. The monoisotopic (exact) mass is 402 g/mol. The van der Waals surface area contributed by atoms with Crippen molar-refractivity contribution in [3.63, 3.8) is 0 Å². The Morgan fingerprint density at radius 2 is 1.96 bits per heavy atom. The average molecular weight is 403 g/mol. The van der Waals surface area contributed by atoms with Gasteiger partial charge in [-0.25, -0.2) is 0 Å². The topological polar surface area (TPSA) is 81.5 Å². The maximum absolute atomic E-state index is 12.4. The lowest BCUT2D eigenvalue weighted by Gasteiger charge is -2.18. The highest BCUT2D eigenvalue weighted by Gasteiger charge is 2.18. The van der Waals surface area contributed by atoms with Crippen LogP contribution in [0.25, 0.3) is 0 Å². The van der Waals surface area contributed by atoms with Gasteiger partial charge in [0.25, 0.3) is 11.6 Å². The maximum atomic E-state index is 12.4. The fourth-order valence-corrected chi connectivity index (χ4v) is 3.52. The van der Waals surface area contributed by atoms with Gasteiger partial charge in [0.15, 0.2) is 6.61 Å². The first-order valence-corrected chi connectivity index (χ1v) is 9.25. The summed E-state index contributed by atoms with van der Waals surface area (Å²) < 4.78 is 5.42. The number of rotatable bonds is 7. The Morgan fingerprint density at radius 1 is 1.19 bits per heavy atom. The van der Waals surface area contributed by atoms with Gasteiger partial charge in [-0.1, -0.05) is 48.0 Å². The molecule has 0 saturated carbocycles. The summed E-state index contributed by atoms with van der Waals surface area (Å²) in [4.78, 5) is 23.6. The Kier molecular flexibility index (Phi) is 6.05. The number of carbonyl (C=O) groups excluding carboxylic acids is 1. The van der Waals surface area contributed by atoms with Gasteiger partial charge >= 0.3 is 0 Å². The predicted molar refractivity (Wildman–Crippen MR) is 104 cm³/mol. The number of ether oxygens (including phenoxy) is 1. The van der Waals surface area contributed by atoms with Crippen molar-refractivity contribution in [2.75, 3.05) is 6.61 Å². The number of nitrogens with zero attached hydrogens (tertiary/aromatic N) is 1. The molecular formula is C19H15ClN2O4S. The third-order valence-corrected chi connectivity index (χ3v) is 4.98. The highest BCUT2D eigenvalue weighted by atomic mass is 35.5. The van der Waals surface area contributed by atoms with Crippen LogP contribution in [0.1, 0.15) is 16.5 Å². The number of thiophene rings is 1. The number of carbonyl (C=O) groups is 1. The number of amides is 1. The summed E-state index contributed by atoms with van der Waals surface area (Å²) in [5.41, 5.74) is 0.820. The number of nitro groups is 1. The summed E-state index contributed by atoms with van der Waals surface area (Å²) in [5.74, 6) is -0.114. The fourth-order valence-electron chi connectivity index (χ4n) is 2.49. The molecule has 0 radical (unpaired) electrons. The molecule has 3 rings (SSSR count). The molecule has 0 bridgehead atoms. The first-order chi connectivity index (χ1) is 13.0. The van der Waals surface area contributed by atoms with Crippen LogP contribution in [0.3, 0.4) is 0 Å². The Bertz CT molecular complexity index is 932. The second-order valence-electron chi connectivity index (χ2n) is 5.59. The minimum Gasteiger partial charge on any atom is -0.482 e. The van der Waals surface area contributed by atoms with Gasteiger partial charge in [0.05, 0.1) is 16.0 Å². The standard InChI is InChI=1S/C19H15ClN2O4S/c20-15-11-14(22(24)25)8-9-16(15)26-12-18(23)21-19(17-7-4-10-27-17)13-5-2-1-3-6-13/h1-11,19H,12H2,(H,21,23)/t19-/m1/s1. The normalized spacial score (nSPS) is 11.6. The molecule has 1 N–H and O–H groups in total. The van der Waals surface area contributed by atoms with E-state index >= 15 is 0 Å². The van der Waals surface area contributed by atoms with Gasteiger partial charge in [0.2, 0.25) is 0 Å². The summed E-state index contributed by atoms with van der Waals surface area (Å²) in [7, 11) is 0. The van der Waals surface area contributed by atoms with Gasteiger partial charge in [-0.3, -0.25) is 14.9 Å². The zero-order chi connectivity index (χ0) is 19.2. The molecule has 0 fully saturated rings. The van der Waals surface area contributed by atoms with Crippen molar-refractivity contribution >= 4 is 34.5 Å². The van der Waals surface area contributed by atoms with E-state index < -0.39 is 4.92 Å². The molecule has 0 unspecified atom stereocenters. The van der Waals surface area contributed by atoms with Crippen LogP contribution in [0.2, 0.25) is 5.02 Å². The molecule has 0 aliphatic rings. The minimum absolute atomic E-state index is 0.0786. The van der Waals surface area contributed by atoms with E-state index in [1.165, 1.54) is 18.2 Å². The number of hydrogen-bond donors (Lipinski definition) is 1. The van der Waals surface area contributed by atoms with Crippen molar-refractivity contribution in [2.45, 2.75) is 6.04 Å². The maximum Gasteiger partial charge on any atom is 0.271 e. The summed E-state index contributed by atoms with van der Waals surface area (Å²) in [6, 6.07) is 17.1. The molecule has 1 aromatic heterocycles. The van der Waals surface area contributed by atoms with Crippen LogP contribution in [0.4, 0.5) is 5.69 Å². The Morgan fingerprint density at radius 3 is 2.59 bits per heavy atom. The first-order valence-electron chi connectivity index (χ1n) is 7.99. The van der Waals surface area contributed by atoms with Crippen molar-refractivity contribution in [1.82, 2.24) is 5.32 Å². The minimum atomic E-state index is -0.548. The summed E-state index contributed by atoms with van der Waals surface area (Å²) in [6.07, 6.45) is 0. The zero-order valence-electron chi connectivity index (χ0n) is 14.0. The van der Waals surface area contributed by atoms with Gasteiger partial charge in [-0.05, 0) is 23.1 Å². The number of non-ortho nitro benzene ring substituents is 1. The van der Waals surface area contributed by atoms with Crippen LogP contribution in [0.15, 0.2) is 66.0 Å². The van der Waals surface area contributed by atoms with E-state index in [1.807, 2.05) is 47.8 Å². The first kappa shape index (κ1) is 18.9. The van der Waals surface area contributed by atoms with Gasteiger partial charge in [-0.2, -0.15) is 0 Å². The van der Waals surface area contributed by atoms with E-state index in [9.17, 15) is 14.9 Å². The summed E-state index contributed by atoms with van der Waals surface area (Å²) in [6.45, 7) is -0.258. The molecule has 0 aliphatic carbocycles. The molecule has 1 heterocycles. The van der Waals surface area contributed by atoms with Crippen LogP contribution in [0.5, 0.6) is 5.75 Å². The summed E-state index contributed by atoms with van der Waals surface area (Å²) in [5, 5.41) is 15.7. The Labute approximate surface area is 164 Å². The van der Waals surface area contributed by atoms with Crippen molar-refractivity contribution < 1.29 is 14.5 Å². The van der Waals surface area contributed by atoms with E-state index in [4.69, 9.17) is 16.3 Å². The molecule has 1 atom stereocenters. The van der Waals surface area contributed by atoms with Gasteiger partial charge in [-0.15, -0.1) is 11.3 Å². The predicted octanol–water partition coefficient (Wildman–Crippen LogP) is 4.59. The smallest absolute Gasteiger partial charge is 0.271 e.